The molecule has 1 aromatic rings. The monoisotopic (exact) mass is 272 g/mol. The summed E-state index contributed by atoms with van der Waals surface area (Å²) in [7, 11) is -3.50. The van der Waals surface area contributed by atoms with Crippen LogP contribution in [0.25, 0.3) is 0 Å². The Morgan fingerprint density at radius 1 is 1.44 bits per heavy atom. The zero-order valence-corrected chi connectivity index (χ0v) is 11.2. The Morgan fingerprint density at radius 2 is 2.11 bits per heavy atom. The molecule has 0 aliphatic heterocycles. The van der Waals surface area contributed by atoms with Gasteiger partial charge in [0.15, 0.2) is 0 Å². The molecule has 0 atom stereocenters. The van der Waals surface area contributed by atoms with Gasteiger partial charge in [0.2, 0.25) is 15.9 Å². The number of carbonyl (C=O) groups excluding carboxylic acids is 1. The van der Waals surface area contributed by atoms with E-state index in [1.54, 1.807) is 13.8 Å². The highest BCUT2D eigenvalue weighted by Gasteiger charge is 2.29. The quantitative estimate of drug-likeness (QED) is 0.851. The van der Waals surface area contributed by atoms with Crippen LogP contribution in [0.15, 0.2) is 4.52 Å². The summed E-state index contributed by atoms with van der Waals surface area (Å²) in [5.74, 6) is 0.266. The van der Waals surface area contributed by atoms with Gasteiger partial charge in [-0.3, -0.25) is 9.52 Å². The molecule has 100 valence electrons. The predicted molar refractivity (Wildman–Crippen MR) is 64.3 cm³/mol. The topological polar surface area (TPSA) is 89.3 Å². The summed E-state index contributed by atoms with van der Waals surface area (Å²) in [6.07, 6.45) is 1.84. The lowest BCUT2D eigenvalue weighted by atomic mass is 10.1. The number of aryl methyl sites for hydroxylation is 2. The molecule has 2 rings (SSSR count). The molecule has 1 fully saturated rings. The lowest BCUT2D eigenvalue weighted by molar-refractivity contribution is -0.118. The number of sulfonamides is 1. The highest BCUT2D eigenvalue weighted by atomic mass is 32.2. The largest absolute Gasteiger partial charge is 0.361 e. The Labute approximate surface area is 106 Å². The van der Waals surface area contributed by atoms with Crippen molar-refractivity contribution in [1.29, 1.82) is 0 Å². The average Bonchev–Trinajstić information content (AvgIpc) is 2.98. The number of nitrogens with zero attached hydrogens (tertiary/aromatic N) is 1. The van der Waals surface area contributed by atoms with E-state index in [2.05, 4.69) is 9.88 Å². The summed E-state index contributed by atoms with van der Waals surface area (Å²) in [4.78, 5) is 11.7. The van der Waals surface area contributed by atoms with Gasteiger partial charge in [0.05, 0.1) is 17.9 Å². The van der Waals surface area contributed by atoms with E-state index >= 15 is 0 Å². The molecule has 7 heteroatoms. The Morgan fingerprint density at radius 3 is 2.61 bits per heavy atom. The molecule has 1 aliphatic carbocycles. The van der Waals surface area contributed by atoms with Gasteiger partial charge < -0.3 is 4.52 Å². The maximum atomic E-state index is 11.7. The summed E-state index contributed by atoms with van der Waals surface area (Å²) < 4.78 is 30.2. The van der Waals surface area contributed by atoms with Crippen molar-refractivity contribution in [1.82, 2.24) is 9.88 Å². The smallest absolute Gasteiger partial charge is 0.238 e. The fraction of sp³-hybridized carbons (Fsp3) is 0.636. The van der Waals surface area contributed by atoms with Crippen molar-refractivity contribution in [3.8, 4) is 0 Å². The molecule has 0 radical (unpaired) electrons. The lowest BCUT2D eigenvalue weighted by Gasteiger charge is -2.05. The first-order valence-electron chi connectivity index (χ1n) is 5.82. The van der Waals surface area contributed by atoms with E-state index in [1.165, 1.54) is 0 Å². The minimum Gasteiger partial charge on any atom is -0.361 e. The third-order valence-electron chi connectivity index (χ3n) is 2.94. The number of hydrogen-bond acceptors (Lipinski definition) is 5. The van der Waals surface area contributed by atoms with E-state index in [4.69, 9.17) is 4.52 Å². The van der Waals surface area contributed by atoms with E-state index in [0.717, 1.165) is 12.8 Å². The van der Waals surface area contributed by atoms with Gasteiger partial charge in [-0.05, 0) is 32.6 Å². The van der Waals surface area contributed by atoms with Crippen molar-refractivity contribution in [2.45, 2.75) is 33.1 Å². The van der Waals surface area contributed by atoms with Gasteiger partial charge in [0.25, 0.3) is 0 Å². The molecule has 0 bridgehead atoms. The van der Waals surface area contributed by atoms with Gasteiger partial charge in [-0.2, -0.15) is 0 Å². The van der Waals surface area contributed by atoms with Crippen LogP contribution in [0.4, 0.5) is 0 Å². The van der Waals surface area contributed by atoms with Gasteiger partial charge in [-0.25, -0.2) is 8.42 Å². The second-order valence-corrected chi connectivity index (χ2v) is 6.50. The summed E-state index contributed by atoms with van der Waals surface area (Å²) in [5, 5.41) is 3.72. The minimum absolute atomic E-state index is 0.0228. The van der Waals surface area contributed by atoms with Gasteiger partial charge >= 0.3 is 0 Å². The van der Waals surface area contributed by atoms with E-state index in [-0.39, 0.29) is 18.1 Å². The number of carbonyl (C=O) groups is 1. The van der Waals surface area contributed by atoms with Crippen molar-refractivity contribution < 1.29 is 17.7 Å². The van der Waals surface area contributed by atoms with Crippen molar-refractivity contribution in [2.24, 2.45) is 5.92 Å². The van der Waals surface area contributed by atoms with Crippen LogP contribution >= 0.6 is 0 Å². The van der Waals surface area contributed by atoms with Gasteiger partial charge in [-0.1, -0.05) is 5.16 Å². The average molecular weight is 272 g/mol. The van der Waals surface area contributed by atoms with Crippen LogP contribution in [-0.4, -0.2) is 25.2 Å². The molecule has 1 N–H and O–H groups in total. The first-order chi connectivity index (χ1) is 8.37. The Hall–Kier alpha value is -1.37. The first-order valence-corrected chi connectivity index (χ1v) is 7.47. The zero-order chi connectivity index (χ0) is 13.3. The minimum atomic E-state index is -3.50. The normalized spacial score (nSPS) is 15.7. The number of aromatic nitrogens is 1. The molecule has 1 amide bonds. The van der Waals surface area contributed by atoms with E-state index in [1.807, 2.05) is 0 Å². The Balaban J connectivity index is 1.96. The predicted octanol–water partition coefficient (Wildman–Crippen LogP) is 0.690. The van der Waals surface area contributed by atoms with Crippen molar-refractivity contribution in [3.63, 3.8) is 0 Å². The van der Waals surface area contributed by atoms with Crippen LogP contribution in [0, 0.1) is 19.8 Å². The van der Waals surface area contributed by atoms with E-state index in [0.29, 0.717) is 17.0 Å². The van der Waals surface area contributed by atoms with Gasteiger partial charge in [-0.15, -0.1) is 0 Å². The zero-order valence-electron chi connectivity index (χ0n) is 10.4. The number of amides is 1. The standard InChI is InChI=1S/C11H16N2O4S/c1-7-10(8(2)17-12-7)5-11(14)13-18(15,16)6-9-3-4-9/h9H,3-6H2,1-2H3,(H,13,14). The van der Waals surface area contributed by atoms with Crippen molar-refractivity contribution in [2.75, 3.05) is 5.75 Å². The molecule has 1 aliphatic rings. The molecule has 6 nitrogen and oxygen atoms in total. The molecule has 1 saturated carbocycles. The fourth-order valence-electron chi connectivity index (χ4n) is 1.76. The SMILES string of the molecule is Cc1noc(C)c1CC(=O)NS(=O)(=O)CC1CC1. The number of rotatable bonds is 5. The van der Waals surface area contributed by atoms with Crippen LogP contribution < -0.4 is 4.72 Å². The van der Waals surface area contributed by atoms with Gasteiger partial charge in [0.1, 0.15) is 5.76 Å². The second-order valence-electron chi connectivity index (χ2n) is 4.73. The van der Waals surface area contributed by atoms with Crippen LogP contribution in [0.3, 0.4) is 0 Å². The van der Waals surface area contributed by atoms with Crippen molar-refractivity contribution >= 4 is 15.9 Å². The lowest BCUT2D eigenvalue weighted by Crippen LogP contribution is -2.34. The fourth-order valence-corrected chi connectivity index (χ4v) is 3.22. The molecule has 0 aromatic carbocycles. The molecule has 1 aromatic heterocycles. The van der Waals surface area contributed by atoms with E-state index < -0.39 is 15.9 Å². The van der Waals surface area contributed by atoms with Crippen LogP contribution in [-0.2, 0) is 21.2 Å². The molecular formula is C11H16N2O4S. The molecule has 0 spiro atoms. The summed E-state index contributed by atoms with van der Waals surface area (Å²) in [6.45, 7) is 3.42. The highest BCUT2D eigenvalue weighted by molar-refractivity contribution is 7.90. The maximum Gasteiger partial charge on any atom is 0.238 e. The summed E-state index contributed by atoms with van der Waals surface area (Å²) in [5.41, 5.74) is 1.26. The third-order valence-corrected chi connectivity index (χ3v) is 4.39. The van der Waals surface area contributed by atoms with Crippen LogP contribution in [0.2, 0.25) is 0 Å². The molecule has 1 heterocycles. The van der Waals surface area contributed by atoms with E-state index in [9.17, 15) is 13.2 Å². The van der Waals surface area contributed by atoms with Crippen molar-refractivity contribution in [3.05, 3.63) is 17.0 Å². The molecule has 18 heavy (non-hydrogen) atoms. The molecule has 0 unspecified atom stereocenters. The maximum absolute atomic E-state index is 11.7. The van der Waals surface area contributed by atoms with Gasteiger partial charge in [0, 0.05) is 5.56 Å². The Bertz CT molecular complexity index is 538. The number of nitrogens with one attached hydrogen (secondary N) is 1. The number of hydrogen-bond donors (Lipinski definition) is 1. The van der Waals surface area contributed by atoms with Crippen LogP contribution in [0.1, 0.15) is 29.9 Å². The second kappa shape index (κ2) is 4.72. The molecule has 0 saturated heterocycles. The Kier molecular flexibility index (Phi) is 3.43. The summed E-state index contributed by atoms with van der Waals surface area (Å²) in [6, 6.07) is 0. The summed E-state index contributed by atoms with van der Waals surface area (Å²) >= 11 is 0. The molecular weight excluding hydrogens is 256 g/mol. The van der Waals surface area contributed by atoms with Crippen LogP contribution in [0.5, 0.6) is 0 Å². The first kappa shape index (κ1) is 13.1. The third kappa shape index (κ3) is 3.32. The highest BCUT2D eigenvalue weighted by Crippen LogP contribution is 2.29.